The number of carbonyl (C=O) groups is 3. The standard InChI is InChI=1S/C33H41N5O4/c1-36(2)17-7-18-37(3)30-14-13-27(21-29(30)35-32(41)25-9-5-10-25)26-11-4-8-24(20-26)23-38(19-15-31(39)40)33(42)28-12-6-16-34-22-28/h4,6,8,11-14,16,20-22,25H,5,7,9-10,15,17-19,23H2,1-3H3,(H,35,41)(H,39,40). The second-order valence-corrected chi connectivity index (χ2v) is 11.2. The van der Waals surface area contributed by atoms with Gasteiger partial charge in [0.05, 0.1) is 23.4 Å². The summed E-state index contributed by atoms with van der Waals surface area (Å²) in [7, 11) is 6.18. The molecule has 1 heterocycles. The molecule has 42 heavy (non-hydrogen) atoms. The number of pyridine rings is 1. The number of amides is 2. The van der Waals surface area contributed by atoms with Crippen LogP contribution >= 0.6 is 0 Å². The number of hydrogen-bond donors (Lipinski definition) is 2. The number of carboxylic acids is 1. The molecule has 0 radical (unpaired) electrons. The number of nitrogens with zero attached hydrogens (tertiary/aromatic N) is 4. The van der Waals surface area contributed by atoms with Crippen molar-refractivity contribution < 1.29 is 19.5 Å². The van der Waals surface area contributed by atoms with Crippen LogP contribution in [0.4, 0.5) is 11.4 Å². The van der Waals surface area contributed by atoms with Crippen molar-refractivity contribution in [2.75, 3.05) is 51.0 Å². The Kier molecular flexibility index (Phi) is 10.7. The number of rotatable bonds is 14. The first-order chi connectivity index (χ1) is 20.2. The highest BCUT2D eigenvalue weighted by Gasteiger charge is 2.26. The van der Waals surface area contributed by atoms with Gasteiger partial charge in [0, 0.05) is 45.0 Å². The fraction of sp³-hybridized carbons (Fsp3) is 0.394. The zero-order valence-corrected chi connectivity index (χ0v) is 24.8. The number of anilines is 2. The molecule has 0 bridgehead atoms. The molecule has 3 aromatic rings. The van der Waals surface area contributed by atoms with Gasteiger partial charge in [0.15, 0.2) is 0 Å². The smallest absolute Gasteiger partial charge is 0.305 e. The number of carbonyl (C=O) groups excluding carboxylic acids is 2. The van der Waals surface area contributed by atoms with E-state index in [0.29, 0.717) is 5.56 Å². The molecule has 0 atom stereocenters. The zero-order chi connectivity index (χ0) is 30.1. The topological polar surface area (TPSA) is 106 Å². The van der Waals surface area contributed by atoms with Crippen LogP contribution in [0, 0.1) is 5.92 Å². The second kappa shape index (κ2) is 14.6. The minimum atomic E-state index is -0.962. The fourth-order valence-electron chi connectivity index (χ4n) is 5.02. The van der Waals surface area contributed by atoms with E-state index < -0.39 is 5.97 Å². The molecule has 0 spiro atoms. The van der Waals surface area contributed by atoms with Gasteiger partial charge in [-0.15, -0.1) is 0 Å². The van der Waals surface area contributed by atoms with Crippen LogP contribution < -0.4 is 10.2 Å². The molecule has 222 valence electrons. The average Bonchev–Trinajstić information content (AvgIpc) is 2.94. The van der Waals surface area contributed by atoms with E-state index >= 15 is 0 Å². The molecule has 1 aliphatic carbocycles. The van der Waals surface area contributed by atoms with Gasteiger partial charge in [0.2, 0.25) is 5.91 Å². The summed E-state index contributed by atoms with van der Waals surface area (Å²) in [5.74, 6) is -1.09. The van der Waals surface area contributed by atoms with Crippen molar-refractivity contribution in [2.24, 2.45) is 5.92 Å². The summed E-state index contributed by atoms with van der Waals surface area (Å²) in [6.45, 7) is 2.18. The fourth-order valence-corrected chi connectivity index (χ4v) is 5.02. The van der Waals surface area contributed by atoms with Gasteiger partial charge >= 0.3 is 5.97 Å². The molecule has 1 saturated carbocycles. The third kappa shape index (κ3) is 8.39. The van der Waals surface area contributed by atoms with Crippen LogP contribution in [0.25, 0.3) is 11.1 Å². The maximum Gasteiger partial charge on any atom is 0.305 e. The van der Waals surface area contributed by atoms with E-state index in [1.165, 1.54) is 6.20 Å². The Balaban J connectivity index is 1.58. The van der Waals surface area contributed by atoms with Crippen molar-refractivity contribution in [2.45, 2.75) is 38.6 Å². The van der Waals surface area contributed by atoms with Crippen molar-refractivity contribution in [3.63, 3.8) is 0 Å². The quantitative estimate of drug-likeness (QED) is 0.281. The third-order valence-electron chi connectivity index (χ3n) is 7.67. The molecule has 1 aromatic heterocycles. The normalized spacial score (nSPS) is 13.0. The van der Waals surface area contributed by atoms with Gasteiger partial charge < -0.3 is 25.1 Å². The zero-order valence-electron chi connectivity index (χ0n) is 24.8. The minimum absolute atomic E-state index is 0.0676. The number of hydrogen-bond acceptors (Lipinski definition) is 6. The second-order valence-electron chi connectivity index (χ2n) is 11.2. The lowest BCUT2D eigenvalue weighted by Crippen LogP contribution is -2.32. The Labute approximate surface area is 248 Å². The molecule has 0 aliphatic heterocycles. The first-order valence-corrected chi connectivity index (χ1v) is 14.5. The van der Waals surface area contributed by atoms with Crippen LogP contribution in [0.3, 0.4) is 0 Å². The number of benzene rings is 2. The summed E-state index contributed by atoms with van der Waals surface area (Å²) in [4.78, 5) is 47.4. The first-order valence-electron chi connectivity index (χ1n) is 14.5. The summed E-state index contributed by atoms with van der Waals surface area (Å²) in [6, 6.07) is 17.4. The summed E-state index contributed by atoms with van der Waals surface area (Å²) in [5, 5.41) is 12.5. The first kappa shape index (κ1) is 30.7. The molecule has 2 aromatic carbocycles. The number of aliphatic carboxylic acids is 1. The Morgan fingerprint density at radius 3 is 2.40 bits per heavy atom. The molecule has 9 heteroatoms. The number of nitrogens with one attached hydrogen (secondary N) is 1. The van der Waals surface area contributed by atoms with Gasteiger partial charge in [-0.3, -0.25) is 19.4 Å². The number of carboxylic acid groups (broad SMARTS) is 1. The molecule has 2 amide bonds. The maximum absolute atomic E-state index is 13.2. The van der Waals surface area contributed by atoms with Crippen LogP contribution in [-0.4, -0.2) is 78.5 Å². The largest absolute Gasteiger partial charge is 0.481 e. The summed E-state index contributed by atoms with van der Waals surface area (Å²) >= 11 is 0. The van der Waals surface area contributed by atoms with Crippen molar-refractivity contribution >= 4 is 29.2 Å². The van der Waals surface area contributed by atoms with E-state index in [9.17, 15) is 19.5 Å². The van der Waals surface area contributed by atoms with Crippen LogP contribution in [0.2, 0.25) is 0 Å². The van der Waals surface area contributed by atoms with Gasteiger partial charge in [-0.25, -0.2) is 0 Å². The number of aromatic nitrogens is 1. The minimum Gasteiger partial charge on any atom is -0.481 e. The highest BCUT2D eigenvalue weighted by molar-refractivity contribution is 5.97. The lowest BCUT2D eigenvalue weighted by atomic mass is 9.85. The average molecular weight is 572 g/mol. The molecular weight excluding hydrogens is 530 g/mol. The van der Waals surface area contributed by atoms with E-state index in [2.05, 4.69) is 53.4 Å². The molecule has 0 saturated heterocycles. The van der Waals surface area contributed by atoms with Crippen LogP contribution in [0.15, 0.2) is 67.0 Å². The molecular formula is C33H41N5O4. The summed E-state index contributed by atoms with van der Waals surface area (Å²) < 4.78 is 0. The Morgan fingerprint density at radius 1 is 0.952 bits per heavy atom. The predicted molar refractivity (Wildman–Crippen MR) is 166 cm³/mol. The molecule has 1 fully saturated rings. The Hall–Kier alpha value is -4.24. The highest BCUT2D eigenvalue weighted by atomic mass is 16.4. The van der Waals surface area contributed by atoms with Crippen molar-refractivity contribution in [1.29, 1.82) is 0 Å². The lowest BCUT2D eigenvalue weighted by molar-refractivity contribution is -0.137. The van der Waals surface area contributed by atoms with Gasteiger partial charge in [0.25, 0.3) is 5.91 Å². The third-order valence-corrected chi connectivity index (χ3v) is 7.67. The van der Waals surface area contributed by atoms with Gasteiger partial charge in [-0.05, 0) is 86.9 Å². The molecule has 4 rings (SSSR count). The van der Waals surface area contributed by atoms with Crippen molar-refractivity contribution in [1.82, 2.24) is 14.8 Å². The molecule has 2 N–H and O–H groups in total. The van der Waals surface area contributed by atoms with Crippen LogP contribution in [-0.2, 0) is 16.1 Å². The molecule has 9 nitrogen and oxygen atoms in total. The van der Waals surface area contributed by atoms with E-state index in [0.717, 1.165) is 66.8 Å². The van der Waals surface area contributed by atoms with Gasteiger partial charge in [-0.2, -0.15) is 0 Å². The SMILES string of the molecule is CN(C)CCCN(C)c1ccc(-c2cccc(CN(CCC(=O)O)C(=O)c3cccnc3)c2)cc1NC(=O)C1CCC1. The van der Waals surface area contributed by atoms with Crippen molar-refractivity contribution in [3.05, 3.63) is 78.1 Å². The molecule has 1 aliphatic rings. The summed E-state index contributed by atoms with van der Waals surface area (Å²) in [5.41, 5.74) is 4.94. The lowest BCUT2D eigenvalue weighted by Gasteiger charge is -2.27. The van der Waals surface area contributed by atoms with Crippen molar-refractivity contribution in [3.8, 4) is 11.1 Å². The Morgan fingerprint density at radius 2 is 1.74 bits per heavy atom. The van der Waals surface area contributed by atoms with Crippen LogP contribution in [0.5, 0.6) is 0 Å². The monoisotopic (exact) mass is 571 g/mol. The van der Waals surface area contributed by atoms with Crippen LogP contribution in [0.1, 0.15) is 48.0 Å². The summed E-state index contributed by atoms with van der Waals surface area (Å²) in [6.07, 6.45) is 6.88. The Bertz CT molecular complexity index is 1370. The van der Waals surface area contributed by atoms with Gasteiger partial charge in [-0.1, -0.05) is 30.7 Å². The van der Waals surface area contributed by atoms with E-state index in [4.69, 9.17) is 0 Å². The maximum atomic E-state index is 13.2. The highest BCUT2D eigenvalue weighted by Crippen LogP contribution is 2.34. The predicted octanol–water partition coefficient (Wildman–Crippen LogP) is 4.99. The van der Waals surface area contributed by atoms with Gasteiger partial charge in [0.1, 0.15) is 0 Å². The molecule has 0 unspecified atom stereocenters. The van der Waals surface area contributed by atoms with E-state index in [1.54, 1.807) is 23.2 Å². The van der Waals surface area contributed by atoms with E-state index in [1.807, 2.05) is 30.3 Å². The van der Waals surface area contributed by atoms with E-state index in [-0.39, 0.29) is 37.2 Å².